The van der Waals surface area contributed by atoms with Crippen LogP contribution in [0.5, 0.6) is 0 Å². The summed E-state index contributed by atoms with van der Waals surface area (Å²) < 4.78 is 6.93. The lowest BCUT2D eigenvalue weighted by molar-refractivity contribution is -0.146. The zero-order valence-corrected chi connectivity index (χ0v) is 31.7. The number of amides is 3. The molecule has 3 amide bonds. The van der Waals surface area contributed by atoms with Gasteiger partial charge in [-0.25, -0.2) is 0 Å². The molecule has 0 bridgehead atoms. The highest BCUT2D eigenvalue weighted by molar-refractivity contribution is 6.71. The summed E-state index contributed by atoms with van der Waals surface area (Å²) in [4.78, 5) is 60.0. The van der Waals surface area contributed by atoms with E-state index in [1.807, 2.05) is 135 Å². The average molecular weight is 746 g/mol. The summed E-state index contributed by atoms with van der Waals surface area (Å²) in [6, 6.07) is 36.7. The van der Waals surface area contributed by atoms with Crippen molar-refractivity contribution in [2.24, 2.45) is 5.92 Å². The number of carbonyl (C=O) groups is 3. The van der Waals surface area contributed by atoms with E-state index in [2.05, 4.69) is 0 Å². The maximum atomic E-state index is 15.2. The molecule has 0 aliphatic carbocycles. The molecule has 0 unspecified atom stereocenters. The minimum atomic E-state index is -2.94. The summed E-state index contributed by atoms with van der Waals surface area (Å²) >= 11 is 0. The molecule has 0 saturated carbocycles. The number of ether oxygens (including phenoxy) is 1. The quantitative estimate of drug-likeness (QED) is 0.159. The van der Waals surface area contributed by atoms with Crippen LogP contribution in [0.1, 0.15) is 45.2 Å². The third-order valence-electron chi connectivity index (χ3n) is 12.3. The summed E-state index contributed by atoms with van der Waals surface area (Å²) in [5, 5.41) is 13.9. The molecule has 0 aromatic heterocycles. The normalized spacial score (nSPS) is 22.7. The highest BCUT2D eigenvalue weighted by Crippen LogP contribution is 2.60. The molecule has 274 valence electrons. The monoisotopic (exact) mass is 745 g/mol. The molecule has 0 radical (unpaired) electrons. The molecule has 6 aromatic rings. The molecule has 6 aromatic carbocycles. The Morgan fingerprint density at radius 1 is 0.709 bits per heavy atom. The number of fused-ring (bicyclic) bond motifs is 2. The Hall–Kier alpha value is -5.65. The minimum absolute atomic E-state index is 0.0998. The second-order valence-corrected chi connectivity index (χ2v) is 19.8. The van der Waals surface area contributed by atoms with Crippen LogP contribution < -0.4 is 14.7 Å². The molecule has 2 N–H and O–H groups in total. The van der Waals surface area contributed by atoms with Gasteiger partial charge in [0.05, 0.1) is 40.8 Å². The van der Waals surface area contributed by atoms with E-state index in [-0.39, 0.29) is 42.8 Å². The van der Waals surface area contributed by atoms with Gasteiger partial charge >= 0.3 is 0 Å². The van der Waals surface area contributed by atoms with Gasteiger partial charge in [-0.05, 0) is 90.4 Å². The van der Waals surface area contributed by atoms with Crippen LogP contribution >= 0.6 is 0 Å². The zero-order valence-electron chi connectivity index (χ0n) is 30.7. The molecule has 1 saturated heterocycles. The van der Waals surface area contributed by atoms with Gasteiger partial charge in [-0.3, -0.25) is 24.2 Å². The first-order valence-electron chi connectivity index (χ1n) is 18.8. The first kappa shape index (κ1) is 33.9. The zero-order chi connectivity index (χ0) is 38.0. The van der Waals surface area contributed by atoms with E-state index in [9.17, 15) is 19.5 Å². The number of nitrogens with zero attached hydrogens (tertiary/aromatic N) is 3. The summed E-state index contributed by atoms with van der Waals surface area (Å²) in [6.07, 6.45) is -0.272. The van der Waals surface area contributed by atoms with Crippen molar-refractivity contribution < 1.29 is 29.0 Å². The Labute approximate surface area is 319 Å². The fourth-order valence-corrected chi connectivity index (χ4v) is 12.7. The third kappa shape index (κ3) is 4.66. The van der Waals surface area contributed by atoms with Crippen LogP contribution in [0.2, 0.25) is 18.6 Å². The maximum Gasteiger partial charge on any atom is 0.264 e. The predicted octanol–water partition coefficient (Wildman–Crippen LogP) is 8.30. The van der Waals surface area contributed by atoms with Crippen molar-refractivity contribution in [2.75, 3.05) is 21.3 Å². The van der Waals surface area contributed by atoms with Crippen molar-refractivity contribution in [2.45, 2.75) is 50.2 Å². The molecule has 4 atom stereocenters. The van der Waals surface area contributed by atoms with Crippen molar-refractivity contribution >= 4 is 76.0 Å². The third-order valence-corrected chi connectivity index (χ3v) is 14.8. The van der Waals surface area contributed by atoms with Gasteiger partial charge in [0.15, 0.2) is 13.9 Å². The van der Waals surface area contributed by atoms with Crippen LogP contribution in [0, 0.1) is 5.92 Å². The van der Waals surface area contributed by atoms with Crippen molar-refractivity contribution in [3.63, 3.8) is 0 Å². The second kappa shape index (κ2) is 11.9. The Morgan fingerprint density at radius 2 is 1.27 bits per heavy atom. The summed E-state index contributed by atoms with van der Waals surface area (Å²) in [7, 11) is -2.94. The predicted molar refractivity (Wildman–Crippen MR) is 216 cm³/mol. The van der Waals surface area contributed by atoms with Gasteiger partial charge in [0.1, 0.15) is 0 Å². The van der Waals surface area contributed by atoms with Crippen LogP contribution in [-0.4, -0.2) is 48.7 Å². The fourth-order valence-electron chi connectivity index (χ4n) is 10.1. The minimum Gasteiger partial charge on any atom is -0.432 e. The maximum absolute atomic E-state index is 15.2. The van der Waals surface area contributed by atoms with Gasteiger partial charge in [0.25, 0.3) is 17.7 Å². The molecule has 10 rings (SSSR count). The molecule has 1 spiro atoms. The van der Waals surface area contributed by atoms with Crippen molar-refractivity contribution in [1.82, 2.24) is 0 Å². The Balaban J connectivity index is 1.08. The first-order chi connectivity index (χ1) is 26.5. The largest absolute Gasteiger partial charge is 0.432 e. The van der Waals surface area contributed by atoms with Crippen LogP contribution in [0.4, 0.5) is 28.4 Å². The van der Waals surface area contributed by atoms with E-state index in [0.717, 1.165) is 38.5 Å². The number of aliphatic hydroxyl groups excluding tert-OH is 1. The van der Waals surface area contributed by atoms with E-state index in [4.69, 9.17) is 4.74 Å². The molecular formula is C45H39N3O6Si. The van der Waals surface area contributed by atoms with Crippen LogP contribution in [0.3, 0.4) is 0 Å². The van der Waals surface area contributed by atoms with Crippen LogP contribution in [0.25, 0.3) is 21.5 Å². The molecule has 4 aliphatic heterocycles. The van der Waals surface area contributed by atoms with Crippen molar-refractivity contribution in [3.8, 4) is 0 Å². The highest BCUT2D eigenvalue weighted by Gasteiger charge is 2.66. The number of hydrogen-bond acceptors (Lipinski definition) is 6. The fraction of sp³-hybridized carbons (Fsp3) is 0.222. The number of anilines is 5. The highest BCUT2D eigenvalue weighted by atomic mass is 28.4. The first-order valence-corrected chi connectivity index (χ1v) is 21.8. The van der Waals surface area contributed by atoms with E-state index < -0.39 is 25.9 Å². The van der Waals surface area contributed by atoms with E-state index >= 15 is 4.79 Å². The second-order valence-electron chi connectivity index (χ2n) is 15.8. The molecule has 9 nitrogen and oxygen atoms in total. The number of rotatable bonds is 7. The number of benzene rings is 6. The Bertz CT molecular complexity index is 2640. The molecule has 4 aliphatic rings. The van der Waals surface area contributed by atoms with E-state index in [0.29, 0.717) is 33.8 Å². The molecule has 55 heavy (non-hydrogen) atoms. The van der Waals surface area contributed by atoms with Crippen molar-refractivity contribution in [1.29, 1.82) is 0 Å². The van der Waals surface area contributed by atoms with E-state index in [1.165, 1.54) is 0 Å². The van der Waals surface area contributed by atoms with Gasteiger partial charge in [0, 0.05) is 45.8 Å². The van der Waals surface area contributed by atoms with Crippen LogP contribution in [0.15, 0.2) is 115 Å². The molecule has 1 fully saturated rings. The summed E-state index contributed by atoms with van der Waals surface area (Å²) in [5.41, 5.74) is 4.49. The van der Waals surface area contributed by atoms with Crippen LogP contribution in [-0.2, 0) is 21.7 Å². The van der Waals surface area contributed by atoms with Gasteiger partial charge in [-0.2, -0.15) is 0 Å². The van der Waals surface area contributed by atoms with Gasteiger partial charge < -0.3 is 19.5 Å². The summed E-state index contributed by atoms with van der Waals surface area (Å²) in [5.74, 6) is -0.941. The Morgan fingerprint density at radius 3 is 1.85 bits per heavy atom. The smallest absolute Gasteiger partial charge is 0.264 e. The van der Waals surface area contributed by atoms with E-state index in [1.54, 1.807) is 14.7 Å². The average Bonchev–Trinajstić information content (AvgIpc) is 3.82. The molecule has 10 heteroatoms. The lowest BCUT2D eigenvalue weighted by Crippen LogP contribution is -2.46. The number of carbonyl (C=O) groups excluding carboxylic acids is 3. The topological polar surface area (TPSA) is 111 Å². The number of aliphatic hydroxyl groups is 1. The van der Waals surface area contributed by atoms with Gasteiger partial charge in [-0.15, -0.1) is 0 Å². The molecule has 4 heterocycles. The lowest BCUT2D eigenvalue weighted by atomic mass is 9.82. The van der Waals surface area contributed by atoms with Gasteiger partial charge in [-0.1, -0.05) is 67.6 Å². The number of hydrogen-bond donors (Lipinski definition) is 2. The van der Waals surface area contributed by atoms with Gasteiger partial charge in [0.2, 0.25) is 0 Å². The standard InChI is InChI=1S/C45H39N3O6Si/c1-26-41(55(2,3)53)38(21-22-49)54-45(26)34-24-31(48-37-18-8-13-29-11-6-16-33(40(29)37)43(48)51)19-20-35(34)46(44(45)52)25-27-9-4-14-30(23-27)47-36-17-7-12-28-10-5-15-32(39(28)36)42(47)50/h4-20,23-24,26,38,41,49,53H,21-22,25H2,1-3H3/t26-,38+,41-,45+/m0/s1. The lowest BCUT2D eigenvalue weighted by Gasteiger charge is -2.32. The van der Waals surface area contributed by atoms with Crippen molar-refractivity contribution in [3.05, 3.63) is 138 Å². The Kier molecular flexibility index (Phi) is 7.34. The molecular weight excluding hydrogens is 707 g/mol. The SMILES string of the molecule is C[C@H]1[C@H]([Si](C)(C)O)[C@@H](CCO)O[C@]12C(=O)N(Cc1cccc(N3C(=O)c4cccc5cccc3c45)c1)c1ccc(N3C(=O)c4cccc5cccc3c45)cc12. The summed E-state index contributed by atoms with van der Waals surface area (Å²) in [6.45, 7) is 5.74.